The van der Waals surface area contributed by atoms with Gasteiger partial charge in [-0.25, -0.2) is 4.98 Å². The molecule has 3 rings (SSSR count). The monoisotopic (exact) mass is 439 g/mol. The first kappa shape index (κ1) is 23.7. The summed E-state index contributed by atoms with van der Waals surface area (Å²) in [4.78, 5) is 45.0. The summed E-state index contributed by atoms with van der Waals surface area (Å²) in [5, 5.41) is 2.68. The van der Waals surface area contributed by atoms with Gasteiger partial charge in [-0.15, -0.1) is 0 Å². The normalized spacial score (nSPS) is 15.5. The number of imidazole rings is 1. The number of ketones is 1. The summed E-state index contributed by atoms with van der Waals surface area (Å²) in [6.07, 6.45) is 0.954. The lowest BCUT2D eigenvalue weighted by atomic mass is 9.77. The van der Waals surface area contributed by atoms with E-state index in [1.165, 1.54) is 0 Å². The number of carbonyl (C=O) groups is 3. The van der Waals surface area contributed by atoms with E-state index in [4.69, 9.17) is 10.7 Å². The summed E-state index contributed by atoms with van der Waals surface area (Å²) < 4.78 is 2.03. The number of rotatable bonds is 6. The van der Waals surface area contributed by atoms with Crippen LogP contribution in [0.2, 0.25) is 0 Å². The van der Waals surface area contributed by atoms with Crippen LogP contribution in [0.25, 0.3) is 11.4 Å². The molecule has 0 saturated heterocycles. The van der Waals surface area contributed by atoms with E-state index in [2.05, 4.69) is 10.2 Å². The minimum absolute atomic E-state index is 0.0633. The van der Waals surface area contributed by atoms with Crippen LogP contribution in [0.1, 0.15) is 60.2 Å². The van der Waals surface area contributed by atoms with Gasteiger partial charge >= 0.3 is 0 Å². The average molecular weight is 440 g/mol. The Balaban J connectivity index is 2.12. The van der Waals surface area contributed by atoms with Gasteiger partial charge in [0.05, 0.1) is 17.2 Å². The van der Waals surface area contributed by atoms with Gasteiger partial charge in [-0.05, 0) is 31.5 Å². The summed E-state index contributed by atoms with van der Waals surface area (Å²) in [7, 11) is 3.60. The number of hydrogen-bond acceptors (Lipinski definition) is 5. The molecule has 2 heterocycles. The number of nitrogens with two attached hydrogens (primary N) is 1. The number of hydrogen-bond donors (Lipinski definition) is 2. The molecule has 0 unspecified atom stereocenters. The highest BCUT2D eigenvalue weighted by Crippen LogP contribution is 2.33. The molecule has 0 bridgehead atoms. The lowest BCUT2D eigenvalue weighted by molar-refractivity contribution is -0.127. The molecule has 0 spiro atoms. The summed E-state index contributed by atoms with van der Waals surface area (Å²) in [5.74, 6) is -0.783. The molecule has 1 aromatic heterocycles. The van der Waals surface area contributed by atoms with E-state index in [1.807, 2.05) is 38.5 Å². The SMILES string of the molecule is CNC(=O)[C@@H](CC(=O)c1nc(-c2ccccc2C(N)=O)n2c1CN(C)CCC2)C(C)(C)C. The summed E-state index contributed by atoms with van der Waals surface area (Å²) in [5.41, 5.74) is 7.40. The third-order valence-corrected chi connectivity index (χ3v) is 6.11. The molecule has 1 aliphatic heterocycles. The Morgan fingerprint density at radius 3 is 2.50 bits per heavy atom. The van der Waals surface area contributed by atoms with Crippen LogP contribution in [0, 0.1) is 11.3 Å². The Bertz CT molecular complexity index is 1030. The molecule has 1 atom stereocenters. The molecular weight excluding hydrogens is 406 g/mol. The van der Waals surface area contributed by atoms with Crippen molar-refractivity contribution >= 4 is 17.6 Å². The molecule has 2 amide bonds. The van der Waals surface area contributed by atoms with Crippen molar-refractivity contribution in [3.05, 3.63) is 41.2 Å². The van der Waals surface area contributed by atoms with Gasteiger partial charge in [0.25, 0.3) is 0 Å². The van der Waals surface area contributed by atoms with E-state index < -0.39 is 11.8 Å². The fourth-order valence-electron chi connectivity index (χ4n) is 4.29. The molecule has 0 radical (unpaired) electrons. The van der Waals surface area contributed by atoms with Crippen LogP contribution in [0.15, 0.2) is 24.3 Å². The zero-order valence-corrected chi connectivity index (χ0v) is 19.6. The van der Waals surface area contributed by atoms with Gasteiger partial charge in [0.15, 0.2) is 5.78 Å². The quantitative estimate of drug-likeness (QED) is 0.672. The number of fused-ring (bicyclic) bond motifs is 1. The van der Waals surface area contributed by atoms with Gasteiger partial charge in [0.2, 0.25) is 11.8 Å². The second-order valence-corrected chi connectivity index (χ2v) is 9.54. The third kappa shape index (κ3) is 4.75. The zero-order valence-electron chi connectivity index (χ0n) is 19.6. The highest BCUT2D eigenvalue weighted by Gasteiger charge is 2.35. The Labute approximate surface area is 189 Å². The van der Waals surface area contributed by atoms with Gasteiger partial charge < -0.3 is 20.5 Å². The fourth-order valence-corrected chi connectivity index (χ4v) is 4.29. The van der Waals surface area contributed by atoms with Crippen LogP contribution in [0.3, 0.4) is 0 Å². The molecular formula is C24H33N5O3. The molecule has 0 fully saturated rings. The molecule has 8 heteroatoms. The second kappa shape index (κ2) is 9.24. The lowest BCUT2D eigenvalue weighted by Crippen LogP contribution is -2.37. The molecule has 0 aliphatic carbocycles. The lowest BCUT2D eigenvalue weighted by Gasteiger charge is -2.28. The van der Waals surface area contributed by atoms with Gasteiger partial charge in [-0.2, -0.15) is 0 Å². The maximum atomic E-state index is 13.5. The molecule has 32 heavy (non-hydrogen) atoms. The average Bonchev–Trinajstić information content (AvgIpc) is 2.96. The van der Waals surface area contributed by atoms with Crippen LogP contribution < -0.4 is 11.1 Å². The van der Waals surface area contributed by atoms with E-state index in [0.717, 1.165) is 18.7 Å². The van der Waals surface area contributed by atoms with Crippen molar-refractivity contribution in [2.24, 2.45) is 17.1 Å². The predicted octanol–water partition coefficient (Wildman–Crippen LogP) is 2.47. The van der Waals surface area contributed by atoms with Crippen molar-refractivity contribution in [1.82, 2.24) is 19.8 Å². The number of primary amides is 1. The highest BCUT2D eigenvalue weighted by atomic mass is 16.2. The number of amides is 2. The number of carbonyl (C=O) groups excluding carboxylic acids is 3. The van der Waals surface area contributed by atoms with Gasteiger partial charge in [0, 0.05) is 32.1 Å². The second-order valence-electron chi connectivity index (χ2n) is 9.54. The molecule has 172 valence electrons. The molecule has 1 aliphatic rings. The van der Waals surface area contributed by atoms with E-state index in [9.17, 15) is 14.4 Å². The van der Waals surface area contributed by atoms with Crippen molar-refractivity contribution in [3.8, 4) is 11.4 Å². The maximum absolute atomic E-state index is 13.5. The summed E-state index contributed by atoms with van der Waals surface area (Å²) >= 11 is 0. The predicted molar refractivity (Wildman–Crippen MR) is 123 cm³/mol. The highest BCUT2D eigenvalue weighted by molar-refractivity contribution is 6.01. The van der Waals surface area contributed by atoms with E-state index >= 15 is 0 Å². The number of nitrogens with zero attached hydrogens (tertiary/aromatic N) is 3. The number of aromatic nitrogens is 2. The van der Waals surface area contributed by atoms with Gasteiger partial charge in [-0.1, -0.05) is 39.0 Å². The van der Waals surface area contributed by atoms with Crippen LogP contribution in [0.4, 0.5) is 0 Å². The van der Waals surface area contributed by atoms with Crippen LogP contribution in [0.5, 0.6) is 0 Å². The standard InChI is InChI=1S/C24H33N5O3/c1-24(2,3)17(23(32)26-4)13-19(30)20-18-14-28(5)11-8-12-29(18)22(27-20)16-10-7-6-9-15(16)21(25)31/h6-7,9-10,17H,8,11-14H2,1-5H3,(H2,25,31)(H,26,32)/t17-/m1/s1. The number of nitrogens with one attached hydrogen (secondary N) is 1. The van der Waals surface area contributed by atoms with Crippen LogP contribution >= 0.6 is 0 Å². The van der Waals surface area contributed by atoms with E-state index in [-0.39, 0.29) is 23.5 Å². The van der Waals surface area contributed by atoms with Crippen molar-refractivity contribution in [1.29, 1.82) is 0 Å². The summed E-state index contributed by atoms with van der Waals surface area (Å²) in [6.45, 7) is 7.99. The largest absolute Gasteiger partial charge is 0.366 e. The first-order valence-electron chi connectivity index (χ1n) is 11.0. The van der Waals surface area contributed by atoms with Crippen molar-refractivity contribution in [3.63, 3.8) is 0 Å². The Hall–Kier alpha value is -3.00. The first-order valence-corrected chi connectivity index (χ1v) is 11.0. The zero-order chi connectivity index (χ0) is 23.6. The Morgan fingerprint density at radius 2 is 1.88 bits per heavy atom. The number of benzene rings is 1. The van der Waals surface area contributed by atoms with Crippen molar-refractivity contribution in [2.45, 2.75) is 46.7 Å². The molecule has 8 nitrogen and oxygen atoms in total. The van der Waals surface area contributed by atoms with E-state index in [0.29, 0.717) is 35.7 Å². The van der Waals surface area contributed by atoms with E-state index in [1.54, 1.807) is 25.2 Å². The smallest absolute Gasteiger partial charge is 0.249 e. The Morgan fingerprint density at radius 1 is 1.19 bits per heavy atom. The van der Waals surface area contributed by atoms with Crippen molar-refractivity contribution < 1.29 is 14.4 Å². The van der Waals surface area contributed by atoms with Gasteiger partial charge in [-0.3, -0.25) is 14.4 Å². The maximum Gasteiger partial charge on any atom is 0.249 e. The first-order chi connectivity index (χ1) is 15.0. The third-order valence-electron chi connectivity index (χ3n) is 6.11. The topological polar surface area (TPSA) is 110 Å². The fraction of sp³-hybridized carbons (Fsp3) is 0.500. The molecule has 2 aromatic rings. The van der Waals surface area contributed by atoms with Crippen LogP contribution in [-0.2, 0) is 17.9 Å². The minimum atomic E-state index is -0.538. The van der Waals surface area contributed by atoms with Crippen molar-refractivity contribution in [2.75, 3.05) is 20.6 Å². The number of Topliss-reactive ketones (excluding diaryl/α,β-unsaturated/α-hetero) is 1. The van der Waals surface area contributed by atoms with Crippen LogP contribution in [-0.4, -0.2) is 52.7 Å². The Kier molecular flexibility index (Phi) is 6.83. The minimum Gasteiger partial charge on any atom is -0.366 e. The molecule has 0 saturated carbocycles. The molecule has 3 N–H and O–H groups in total. The van der Waals surface area contributed by atoms with Gasteiger partial charge in [0.1, 0.15) is 11.5 Å². The summed E-state index contributed by atoms with van der Waals surface area (Å²) in [6, 6.07) is 7.06. The molecule has 1 aromatic carbocycles.